The Balaban J connectivity index is 1.76. The van der Waals surface area contributed by atoms with E-state index < -0.39 is 6.98 Å². The Bertz CT molecular complexity index is 876. The van der Waals surface area contributed by atoms with Gasteiger partial charge in [0.1, 0.15) is 11.6 Å². The normalized spacial score (nSPS) is 20.5. The summed E-state index contributed by atoms with van der Waals surface area (Å²) in [6.45, 7) is 0.825. The van der Waals surface area contributed by atoms with Gasteiger partial charge in [-0.15, -0.1) is 16.6 Å². The topological polar surface area (TPSA) is 61.3 Å². The smallest absolute Gasteiger partial charge is 0.149 e. The second-order valence-corrected chi connectivity index (χ2v) is 6.07. The highest BCUT2D eigenvalue weighted by Gasteiger charge is 2.18. The molecule has 0 spiro atoms. The van der Waals surface area contributed by atoms with E-state index in [0.29, 0.717) is 35.7 Å². The lowest BCUT2D eigenvalue weighted by Crippen LogP contribution is -2.39. The number of phenolic OH excluding ortho intramolecular Hbond substituents is 1. The molecule has 3 rings (SSSR count). The first kappa shape index (κ1) is 12.8. The molecule has 0 bridgehead atoms. The number of piperidine rings is 1. The molecule has 1 saturated heterocycles. The third kappa shape index (κ3) is 3.50. The van der Waals surface area contributed by atoms with Crippen molar-refractivity contribution < 1.29 is 9.22 Å². The lowest BCUT2D eigenvalue weighted by atomic mass is 10.0. The maximum Gasteiger partial charge on any atom is 0.149 e. The first-order valence-corrected chi connectivity index (χ1v) is 7.94. The summed E-state index contributed by atoms with van der Waals surface area (Å²) in [5.74, 6) is 3.13. The van der Waals surface area contributed by atoms with Crippen molar-refractivity contribution in [2.24, 2.45) is 0 Å². The van der Waals surface area contributed by atoms with Crippen LogP contribution < -0.4 is 5.32 Å². The summed E-state index contributed by atoms with van der Waals surface area (Å²) in [7, 11) is 0. The molecule has 1 fully saturated rings. The number of aromatic nitrogens is 2. The van der Waals surface area contributed by atoms with Crippen LogP contribution in [0.25, 0.3) is 11.3 Å². The number of nitrogens with zero attached hydrogens (tertiary/aromatic N) is 3. The van der Waals surface area contributed by atoms with Crippen LogP contribution in [0.3, 0.4) is 0 Å². The lowest BCUT2D eigenvalue weighted by molar-refractivity contribution is 0.260. The molecule has 124 valence electrons. The van der Waals surface area contributed by atoms with Crippen molar-refractivity contribution in [3.05, 3.63) is 35.4 Å². The van der Waals surface area contributed by atoms with E-state index in [-0.39, 0.29) is 11.8 Å². The van der Waals surface area contributed by atoms with Crippen LogP contribution in [0.1, 0.15) is 28.1 Å². The Morgan fingerprint density at radius 2 is 2.29 bits per heavy atom. The van der Waals surface area contributed by atoms with E-state index >= 15 is 0 Å². The maximum atomic E-state index is 10.2. The third-order valence-electron chi connectivity index (χ3n) is 4.18. The van der Waals surface area contributed by atoms with Gasteiger partial charge < -0.3 is 15.3 Å². The summed E-state index contributed by atoms with van der Waals surface area (Å²) >= 11 is 0. The molecule has 1 aromatic carbocycles. The van der Waals surface area contributed by atoms with Gasteiger partial charge in [0.25, 0.3) is 0 Å². The molecule has 0 amide bonds. The Hall–Kier alpha value is -2.58. The SMILES string of the molecule is [2H]C([2H])([2H])N1CCC[C@@H](Nc2cc(C)c(-c3ccc(C#C)cc3O)nn2)C1. The average molecular weight is 325 g/mol. The Labute approximate surface area is 146 Å². The minimum absolute atomic E-state index is 0.00189. The average Bonchev–Trinajstić information content (AvgIpc) is 2.62. The quantitative estimate of drug-likeness (QED) is 0.850. The fourth-order valence-electron chi connectivity index (χ4n) is 2.95. The number of likely N-dealkylation sites (tertiary alicyclic amines) is 1. The first-order chi connectivity index (χ1) is 12.8. The summed E-state index contributed by atoms with van der Waals surface area (Å²) in [6, 6.07) is 6.85. The number of aryl methyl sites for hydroxylation is 1. The number of likely N-dealkylation sites (N-methyl/N-ethyl adjacent to an activating group) is 1. The van der Waals surface area contributed by atoms with Gasteiger partial charge in [0, 0.05) is 27.8 Å². The molecule has 1 aliphatic heterocycles. The van der Waals surface area contributed by atoms with E-state index in [1.165, 1.54) is 11.0 Å². The lowest BCUT2D eigenvalue weighted by Gasteiger charge is -2.30. The number of aromatic hydroxyl groups is 1. The van der Waals surface area contributed by atoms with Crippen molar-refractivity contribution in [2.75, 3.05) is 25.4 Å². The zero-order chi connectivity index (χ0) is 19.6. The summed E-state index contributed by atoms with van der Waals surface area (Å²) in [4.78, 5) is 1.51. The first-order valence-electron chi connectivity index (χ1n) is 9.44. The van der Waals surface area contributed by atoms with Crippen LogP contribution in [-0.2, 0) is 0 Å². The van der Waals surface area contributed by atoms with Gasteiger partial charge in [-0.05, 0) is 63.1 Å². The van der Waals surface area contributed by atoms with E-state index in [9.17, 15) is 5.11 Å². The van der Waals surface area contributed by atoms with Crippen LogP contribution in [-0.4, -0.2) is 46.3 Å². The van der Waals surface area contributed by atoms with Gasteiger partial charge in [-0.3, -0.25) is 0 Å². The van der Waals surface area contributed by atoms with Crippen molar-refractivity contribution >= 4 is 5.82 Å². The molecule has 1 aromatic heterocycles. The van der Waals surface area contributed by atoms with Crippen LogP contribution in [0, 0.1) is 19.3 Å². The Morgan fingerprint density at radius 1 is 1.42 bits per heavy atom. The molecule has 5 heteroatoms. The highest BCUT2D eigenvalue weighted by atomic mass is 16.3. The third-order valence-corrected chi connectivity index (χ3v) is 4.18. The van der Waals surface area contributed by atoms with Crippen LogP contribution in [0.15, 0.2) is 24.3 Å². The van der Waals surface area contributed by atoms with Gasteiger partial charge in [-0.2, -0.15) is 0 Å². The predicted molar refractivity (Wildman–Crippen MR) is 95.9 cm³/mol. The van der Waals surface area contributed by atoms with Gasteiger partial charge in [-0.25, -0.2) is 0 Å². The molecule has 0 aliphatic carbocycles. The van der Waals surface area contributed by atoms with Crippen molar-refractivity contribution in [1.82, 2.24) is 15.1 Å². The van der Waals surface area contributed by atoms with E-state index in [2.05, 4.69) is 21.4 Å². The van der Waals surface area contributed by atoms with E-state index in [1.807, 2.05) is 13.0 Å². The number of anilines is 1. The van der Waals surface area contributed by atoms with Gasteiger partial charge in [-0.1, -0.05) is 5.92 Å². The minimum Gasteiger partial charge on any atom is -0.507 e. The second-order valence-electron chi connectivity index (χ2n) is 6.07. The number of hydrogen-bond acceptors (Lipinski definition) is 5. The largest absolute Gasteiger partial charge is 0.507 e. The molecule has 0 unspecified atom stereocenters. The molecular formula is C19H22N4O. The van der Waals surface area contributed by atoms with Crippen molar-refractivity contribution in [3.8, 4) is 29.4 Å². The number of benzene rings is 1. The Morgan fingerprint density at radius 3 is 3.00 bits per heavy atom. The van der Waals surface area contributed by atoms with Gasteiger partial charge in [0.05, 0.1) is 5.69 Å². The molecule has 1 aliphatic rings. The monoisotopic (exact) mass is 325 g/mol. The molecule has 2 heterocycles. The number of phenols is 1. The van der Waals surface area contributed by atoms with E-state index in [0.717, 1.165) is 18.4 Å². The minimum atomic E-state index is -2.08. The number of rotatable bonds is 3. The van der Waals surface area contributed by atoms with Crippen LogP contribution in [0.2, 0.25) is 0 Å². The zero-order valence-corrected chi connectivity index (χ0v) is 13.6. The van der Waals surface area contributed by atoms with Crippen LogP contribution in [0.5, 0.6) is 5.75 Å². The summed E-state index contributed by atoms with van der Waals surface area (Å²) in [5, 5.41) is 21.9. The molecule has 0 radical (unpaired) electrons. The molecule has 0 saturated carbocycles. The molecule has 2 N–H and O–H groups in total. The zero-order valence-electron chi connectivity index (χ0n) is 16.6. The summed E-state index contributed by atoms with van der Waals surface area (Å²) < 4.78 is 22.7. The fourth-order valence-corrected chi connectivity index (χ4v) is 2.95. The van der Waals surface area contributed by atoms with Crippen molar-refractivity contribution in [3.63, 3.8) is 0 Å². The maximum absolute atomic E-state index is 10.2. The highest BCUT2D eigenvalue weighted by Crippen LogP contribution is 2.31. The van der Waals surface area contributed by atoms with E-state index in [4.69, 9.17) is 10.5 Å². The number of terminal acetylenes is 1. The summed E-state index contributed by atoms with van der Waals surface area (Å²) in [5.41, 5.74) is 2.59. The predicted octanol–water partition coefficient (Wildman–Crippen LogP) is 2.65. The molecular weight excluding hydrogens is 300 g/mol. The highest BCUT2D eigenvalue weighted by molar-refractivity contribution is 5.71. The second kappa shape index (κ2) is 6.90. The summed E-state index contributed by atoms with van der Waals surface area (Å²) in [6.07, 6.45) is 7.04. The number of hydrogen-bond donors (Lipinski definition) is 2. The van der Waals surface area contributed by atoms with Crippen molar-refractivity contribution in [2.45, 2.75) is 25.8 Å². The fraction of sp³-hybridized carbons (Fsp3) is 0.368. The van der Waals surface area contributed by atoms with E-state index in [1.54, 1.807) is 12.1 Å². The van der Waals surface area contributed by atoms with Crippen LogP contribution in [0.4, 0.5) is 5.82 Å². The number of nitrogens with one attached hydrogen (secondary N) is 1. The van der Waals surface area contributed by atoms with Gasteiger partial charge in [0.2, 0.25) is 0 Å². The van der Waals surface area contributed by atoms with Gasteiger partial charge in [0.15, 0.2) is 0 Å². The molecule has 24 heavy (non-hydrogen) atoms. The molecule has 5 nitrogen and oxygen atoms in total. The molecule has 1 atom stereocenters. The van der Waals surface area contributed by atoms with Crippen molar-refractivity contribution in [1.29, 1.82) is 0 Å². The van der Waals surface area contributed by atoms with Crippen LogP contribution >= 0.6 is 0 Å². The Kier molecular flexibility index (Phi) is 3.68. The molecule has 2 aromatic rings. The van der Waals surface area contributed by atoms with Gasteiger partial charge >= 0.3 is 0 Å². The standard InChI is InChI=1S/C19H22N4O/c1-4-14-7-8-16(17(24)11-14)19-13(2)10-18(21-22-19)20-15-6-5-9-23(3)12-15/h1,7-8,10-11,15,24H,5-6,9,12H2,2-3H3,(H,20,21)/t15-/m1/s1/i3D3.